The number of carbonyl (C=O) groups is 1. The molecule has 0 aliphatic rings. The average Bonchev–Trinajstić information content (AvgIpc) is 2.48. The van der Waals surface area contributed by atoms with Gasteiger partial charge < -0.3 is 5.32 Å². The lowest BCUT2D eigenvalue weighted by Crippen LogP contribution is -2.17. The van der Waals surface area contributed by atoms with E-state index in [9.17, 15) is 26.7 Å². The normalized spacial score (nSPS) is 10.4. The summed E-state index contributed by atoms with van der Waals surface area (Å²) in [5.41, 5.74) is -1.51. The highest BCUT2D eigenvalue weighted by molar-refractivity contribution is 6.04. The van der Waals surface area contributed by atoms with Gasteiger partial charge in [-0.2, -0.15) is 0 Å². The number of hydrogen-bond acceptors (Lipinski definition) is 2. The van der Waals surface area contributed by atoms with Crippen molar-refractivity contribution in [2.75, 3.05) is 5.32 Å². The second-order valence-corrected chi connectivity index (χ2v) is 3.64. The lowest BCUT2D eigenvalue weighted by atomic mass is 10.2. The summed E-state index contributed by atoms with van der Waals surface area (Å²) in [4.78, 5) is 15.2. The Balaban J connectivity index is 2.43. The van der Waals surface area contributed by atoms with Crippen molar-refractivity contribution in [2.24, 2.45) is 0 Å². The van der Waals surface area contributed by atoms with Gasteiger partial charge in [0.05, 0.1) is 5.56 Å². The fourth-order valence-corrected chi connectivity index (χ4v) is 1.40. The van der Waals surface area contributed by atoms with Crippen molar-refractivity contribution in [1.82, 2.24) is 4.98 Å². The van der Waals surface area contributed by atoms with Crippen LogP contribution >= 0.6 is 0 Å². The van der Waals surface area contributed by atoms with Gasteiger partial charge >= 0.3 is 0 Å². The first kappa shape index (κ1) is 13.9. The monoisotopic (exact) mass is 288 g/mol. The van der Waals surface area contributed by atoms with E-state index in [1.807, 2.05) is 0 Å². The smallest absolute Gasteiger partial charge is 0.257 e. The van der Waals surface area contributed by atoms with Crippen molar-refractivity contribution in [1.29, 1.82) is 0 Å². The van der Waals surface area contributed by atoms with Gasteiger partial charge in [0.1, 0.15) is 5.69 Å². The summed E-state index contributed by atoms with van der Waals surface area (Å²) in [5, 5.41) is 1.63. The predicted molar refractivity (Wildman–Crippen MR) is 58.4 cm³/mol. The number of halogens is 5. The number of rotatable bonds is 2. The van der Waals surface area contributed by atoms with E-state index in [1.54, 1.807) is 5.32 Å². The molecule has 0 bridgehead atoms. The third-order valence-corrected chi connectivity index (χ3v) is 2.37. The first-order valence-electron chi connectivity index (χ1n) is 5.16. The maximum Gasteiger partial charge on any atom is 0.257 e. The van der Waals surface area contributed by atoms with Crippen LogP contribution in [0.5, 0.6) is 0 Å². The molecule has 0 unspecified atom stereocenters. The summed E-state index contributed by atoms with van der Waals surface area (Å²) in [5.74, 6) is -11.8. The predicted octanol–water partition coefficient (Wildman–Crippen LogP) is 3.03. The van der Waals surface area contributed by atoms with Crippen molar-refractivity contribution in [2.45, 2.75) is 0 Å². The SMILES string of the molecule is O=C(Nc1c(F)c(F)c(F)c(F)c1F)c1cccnc1. The van der Waals surface area contributed by atoms with E-state index in [0.717, 1.165) is 6.20 Å². The highest BCUT2D eigenvalue weighted by Gasteiger charge is 2.27. The molecule has 2 rings (SSSR count). The Hall–Kier alpha value is -2.51. The summed E-state index contributed by atoms with van der Waals surface area (Å²) in [7, 11) is 0. The lowest BCUT2D eigenvalue weighted by molar-refractivity contribution is 0.102. The molecule has 0 fully saturated rings. The Bertz CT molecular complexity index is 646. The number of hydrogen-bond donors (Lipinski definition) is 1. The molecule has 0 aliphatic heterocycles. The van der Waals surface area contributed by atoms with Crippen molar-refractivity contribution in [3.05, 3.63) is 59.2 Å². The van der Waals surface area contributed by atoms with Crippen LogP contribution in [0.15, 0.2) is 24.5 Å². The minimum atomic E-state index is -2.29. The molecule has 8 heteroatoms. The topological polar surface area (TPSA) is 42.0 Å². The molecular formula is C12H5F5N2O. The Kier molecular flexibility index (Phi) is 3.64. The van der Waals surface area contributed by atoms with Gasteiger partial charge in [0.2, 0.25) is 5.82 Å². The first-order chi connectivity index (χ1) is 9.43. The van der Waals surface area contributed by atoms with E-state index >= 15 is 0 Å². The molecule has 1 heterocycles. The maximum atomic E-state index is 13.3. The fourth-order valence-electron chi connectivity index (χ4n) is 1.40. The molecule has 1 N–H and O–H groups in total. The summed E-state index contributed by atoms with van der Waals surface area (Å²) in [6, 6.07) is 2.63. The highest BCUT2D eigenvalue weighted by Crippen LogP contribution is 2.27. The second kappa shape index (κ2) is 5.24. The van der Waals surface area contributed by atoms with E-state index in [4.69, 9.17) is 0 Å². The van der Waals surface area contributed by atoms with E-state index in [2.05, 4.69) is 4.98 Å². The maximum absolute atomic E-state index is 13.3. The van der Waals surface area contributed by atoms with E-state index in [1.165, 1.54) is 18.3 Å². The number of aromatic nitrogens is 1. The molecule has 0 spiro atoms. The van der Waals surface area contributed by atoms with Crippen LogP contribution in [0.2, 0.25) is 0 Å². The summed E-state index contributed by atoms with van der Waals surface area (Å²) < 4.78 is 65.3. The van der Waals surface area contributed by atoms with Gasteiger partial charge in [0.25, 0.3) is 5.91 Å². The van der Waals surface area contributed by atoms with Crippen molar-refractivity contribution < 1.29 is 26.7 Å². The third kappa shape index (κ3) is 2.31. The van der Waals surface area contributed by atoms with Gasteiger partial charge in [0, 0.05) is 12.4 Å². The molecule has 0 atom stereocenters. The Morgan fingerprint density at radius 3 is 2.00 bits per heavy atom. The number of benzene rings is 1. The molecule has 2 aromatic rings. The molecule has 104 valence electrons. The fraction of sp³-hybridized carbons (Fsp3) is 0. The van der Waals surface area contributed by atoms with Crippen LogP contribution in [0.1, 0.15) is 10.4 Å². The number of amides is 1. The first-order valence-corrected chi connectivity index (χ1v) is 5.16. The van der Waals surface area contributed by atoms with E-state index < -0.39 is 40.7 Å². The number of anilines is 1. The molecule has 1 aromatic carbocycles. The average molecular weight is 288 g/mol. The third-order valence-electron chi connectivity index (χ3n) is 2.37. The van der Waals surface area contributed by atoms with Crippen molar-refractivity contribution >= 4 is 11.6 Å². The zero-order valence-corrected chi connectivity index (χ0v) is 9.55. The summed E-state index contributed by atoms with van der Waals surface area (Å²) >= 11 is 0. The number of nitrogens with zero attached hydrogens (tertiary/aromatic N) is 1. The van der Waals surface area contributed by atoms with Crippen LogP contribution in [0.25, 0.3) is 0 Å². The largest absolute Gasteiger partial charge is 0.317 e. The van der Waals surface area contributed by atoms with Crippen molar-refractivity contribution in [3.8, 4) is 0 Å². The van der Waals surface area contributed by atoms with Crippen molar-refractivity contribution in [3.63, 3.8) is 0 Å². The molecule has 1 amide bonds. The second-order valence-electron chi connectivity index (χ2n) is 3.64. The minimum absolute atomic E-state index is 0.101. The standard InChI is InChI=1S/C12H5F5N2O/c13-6-7(14)9(16)11(10(17)8(6)15)19-12(20)5-2-1-3-18-4-5/h1-4H,(H,19,20). The van der Waals surface area contributed by atoms with Gasteiger partial charge in [0.15, 0.2) is 23.3 Å². The van der Waals surface area contributed by atoms with Gasteiger partial charge in [-0.25, -0.2) is 22.0 Å². The molecule has 1 aromatic heterocycles. The number of pyridine rings is 1. The Morgan fingerprint density at radius 1 is 0.950 bits per heavy atom. The molecular weight excluding hydrogens is 283 g/mol. The van der Waals surface area contributed by atoms with E-state index in [-0.39, 0.29) is 5.56 Å². The van der Waals surface area contributed by atoms with Gasteiger partial charge in [-0.3, -0.25) is 9.78 Å². The molecule has 0 saturated carbocycles. The van der Waals surface area contributed by atoms with Crippen LogP contribution in [-0.2, 0) is 0 Å². The van der Waals surface area contributed by atoms with E-state index in [0.29, 0.717) is 0 Å². The zero-order valence-electron chi connectivity index (χ0n) is 9.55. The molecule has 20 heavy (non-hydrogen) atoms. The van der Waals surface area contributed by atoms with Crippen LogP contribution < -0.4 is 5.32 Å². The van der Waals surface area contributed by atoms with Gasteiger partial charge in [-0.1, -0.05) is 0 Å². The van der Waals surface area contributed by atoms with Crippen LogP contribution in [0.4, 0.5) is 27.6 Å². The molecule has 0 saturated heterocycles. The van der Waals surface area contributed by atoms with Gasteiger partial charge in [-0.15, -0.1) is 0 Å². The number of carbonyl (C=O) groups excluding carboxylic acids is 1. The van der Waals surface area contributed by atoms with Crippen LogP contribution in [0, 0.1) is 29.1 Å². The Morgan fingerprint density at radius 2 is 1.50 bits per heavy atom. The quantitative estimate of drug-likeness (QED) is 0.524. The minimum Gasteiger partial charge on any atom is -0.317 e. The number of nitrogens with one attached hydrogen (secondary N) is 1. The van der Waals surface area contributed by atoms with Gasteiger partial charge in [-0.05, 0) is 12.1 Å². The summed E-state index contributed by atoms with van der Waals surface area (Å²) in [6.45, 7) is 0. The molecule has 0 radical (unpaired) electrons. The van der Waals surface area contributed by atoms with Crippen LogP contribution in [0.3, 0.4) is 0 Å². The molecule has 3 nitrogen and oxygen atoms in total. The lowest BCUT2D eigenvalue weighted by Gasteiger charge is -2.09. The highest BCUT2D eigenvalue weighted by atomic mass is 19.2. The van der Waals surface area contributed by atoms with Crippen LogP contribution in [-0.4, -0.2) is 10.9 Å². The Labute approximate surface area is 109 Å². The zero-order chi connectivity index (χ0) is 14.9. The summed E-state index contributed by atoms with van der Waals surface area (Å²) in [6.07, 6.45) is 2.41. The molecule has 0 aliphatic carbocycles.